The predicted molar refractivity (Wildman–Crippen MR) is 139 cm³/mol. The molecule has 1 aromatic rings. The second-order valence-corrected chi connectivity index (χ2v) is 8.40. The van der Waals surface area contributed by atoms with Crippen molar-refractivity contribution in [3.8, 4) is 5.75 Å². The van der Waals surface area contributed by atoms with E-state index in [9.17, 15) is 0 Å². The van der Waals surface area contributed by atoms with Crippen molar-refractivity contribution in [1.29, 1.82) is 0 Å². The van der Waals surface area contributed by atoms with Gasteiger partial charge in [-0.2, -0.15) is 0 Å². The van der Waals surface area contributed by atoms with E-state index >= 15 is 0 Å². The molecule has 2 saturated heterocycles. The SMILES string of the molecule is CCNC(=NCC1(C)CCCO1)NCCCN1CCN(c2ccc(OC)cc2)CC1.I. The monoisotopic (exact) mass is 545 g/mol. The first-order valence-corrected chi connectivity index (χ1v) is 11.4. The Hall–Kier alpha value is -1.26. The number of rotatable bonds is 9. The molecule has 1 atom stereocenters. The second-order valence-electron chi connectivity index (χ2n) is 8.40. The van der Waals surface area contributed by atoms with Gasteiger partial charge in [-0.25, -0.2) is 0 Å². The zero-order valence-electron chi connectivity index (χ0n) is 19.4. The van der Waals surface area contributed by atoms with Crippen LogP contribution >= 0.6 is 24.0 Å². The first kappa shape index (κ1) is 26.0. The Labute approximate surface area is 205 Å². The highest BCUT2D eigenvalue weighted by molar-refractivity contribution is 14.0. The topological polar surface area (TPSA) is 61.4 Å². The van der Waals surface area contributed by atoms with E-state index < -0.39 is 0 Å². The van der Waals surface area contributed by atoms with Gasteiger partial charge in [-0.1, -0.05) is 0 Å². The fourth-order valence-corrected chi connectivity index (χ4v) is 4.08. The van der Waals surface area contributed by atoms with Gasteiger partial charge in [0.15, 0.2) is 5.96 Å². The van der Waals surface area contributed by atoms with Crippen molar-refractivity contribution in [3.05, 3.63) is 24.3 Å². The molecule has 0 saturated carbocycles. The van der Waals surface area contributed by atoms with Crippen LogP contribution in [0, 0.1) is 0 Å². The van der Waals surface area contributed by atoms with E-state index in [-0.39, 0.29) is 29.6 Å². The van der Waals surface area contributed by atoms with Crippen molar-refractivity contribution < 1.29 is 9.47 Å². The third kappa shape index (κ3) is 8.31. The Kier molecular flexibility index (Phi) is 11.2. The summed E-state index contributed by atoms with van der Waals surface area (Å²) in [7, 11) is 1.71. The standard InChI is InChI=1S/C23H39N5O2.HI/c1-4-24-22(26-19-23(2)11-5-18-30-23)25-12-6-13-27-14-16-28(17-15-27)20-7-9-21(29-3)10-8-20;/h7-10H,4-6,11-19H2,1-3H3,(H2,24,25,26);1H. The van der Waals surface area contributed by atoms with E-state index in [2.05, 4.69) is 46.4 Å². The van der Waals surface area contributed by atoms with Crippen LogP contribution in [0.1, 0.15) is 33.1 Å². The van der Waals surface area contributed by atoms with Gasteiger partial charge in [0.2, 0.25) is 0 Å². The summed E-state index contributed by atoms with van der Waals surface area (Å²) >= 11 is 0. The molecule has 1 aromatic carbocycles. The van der Waals surface area contributed by atoms with Gasteiger partial charge in [-0.15, -0.1) is 24.0 Å². The third-order valence-corrected chi connectivity index (χ3v) is 5.97. The summed E-state index contributed by atoms with van der Waals surface area (Å²) in [4.78, 5) is 9.76. The smallest absolute Gasteiger partial charge is 0.191 e. The first-order chi connectivity index (χ1) is 14.6. The lowest BCUT2D eigenvalue weighted by Crippen LogP contribution is -2.47. The molecule has 0 aliphatic carbocycles. The van der Waals surface area contributed by atoms with Gasteiger partial charge in [-0.3, -0.25) is 9.89 Å². The van der Waals surface area contributed by atoms with Crippen molar-refractivity contribution in [2.45, 2.75) is 38.7 Å². The molecular formula is C23H40IN5O2. The number of anilines is 1. The molecule has 8 heteroatoms. The van der Waals surface area contributed by atoms with Crippen LogP contribution in [0.3, 0.4) is 0 Å². The Balaban J connectivity index is 0.00000341. The maximum Gasteiger partial charge on any atom is 0.191 e. The quantitative estimate of drug-likeness (QED) is 0.216. The van der Waals surface area contributed by atoms with E-state index in [0.717, 1.165) is 89.9 Å². The van der Waals surface area contributed by atoms with Gasteiger partial charge < -0.3 is 25.0 Å². The number of hydrogen-bond donors (Lipinski definition) is 2. The molecule has 0 spiro atoms. The molecular weight excluding hydrogens is 505 g/mol. The highest BCUT2D eigenvalue weighted by Crippen LogP contribution is 2.25. The molecule has 176 valence electrons. The lowest BCUT2D eigenvalue weighted by Gasteiger charge is -2.36. The van der Waals surface area contributed by atoms with Gasteiger partial charge in [-0.05, 0) is 63.9 Å². The highest BCUT2D eigenvalue weighted by atomic mass is 127. The Morgan fingerprint density at radius 1 is 1.16 bits per heavy atom. The number of hydrogen-bond acceptors (Lipinski definition) is 5. The minimum Gasteiger partial charge on any atom is -0.497 e. The highest BCUT2D eigenvalue weighted by Gasteiger charge is 2.29. The van der Waals surface area contributed by atoms with E-state index in [1.54, 1.807) is 7.11 Å². The fourth-order valence-electron chi connectivity index (χ4n) is 4.08. The van der Waals surface area contributed by atoms with E-state index in [1.807, 2.05) is 12.1 Å². The molecule has 7 nitrogen and oxygen atoms in total. The largest absolute Gasteiger partial charge is 0.497 e. The van der Waals surface area contributed by atoms with Crippen LogP contribution in [0.25, 0.3) is 0 Å². The van der Waals surface area contributed by atoms with E-state index in [1.165, 1.54) is 5.69 Å². The van der Waals surface area contributed by atoms with Gasteiger partial charge in [0.05, 0.1) is 19.3 Å². The molecule has 31 heavy (non-hydrogen) atoms. The number of aliphatic imine (C=N–C) groups is 1. The Bertz CT molecular complexity index is 656. The number of benzene rings is 1. The molecule has 1 unspecified atom stereocenters. The number of ether oxygens (including phenoxy) is 2. The zero-order valence-corrected chi connectivity index (χ0v) is 21.7. The summed E-state index contributed by atoms with van der Waals surface area (Å²) < 4.78 is 11.1. The average Bonchev–Trinajstić information content (AvgIpc) is 3.22. The van der Waals surface area contributed by atoms with Crippen LogP contribution in [-0.2, 0) is 4.74 Å². The minimum atomic E-state index is -0.0914. The van der Waals surface area contributed by atoms with Crippen LogP contribution in [-0.4, -0.2) is 82.5 Å². The average molecular weight is 546 g/mol. The van der Waals surface area contributed by atoms with Crippen molar-refractivity contribution >= 4 is 35.6 Å². The minimum absolute atomic E-state index is 0. The molecule has 0 bridgehead atoms. The van der Waals surface area contributed by atoms with Crippen LogP contribution in [0.15, 0.2) is 29.3 Å². The van der Waals surface area contributed by atoms with Crippen LogP contribution < -0.4 is 20.3 Å². The van der Waals surface area contributed by atoms with Crippen molar-refractivity contribution in [2.75, 3.05) is 71.0 Å². The van der Waals surface area contributed by atoms with Gasteiger partial charge >= 0.3 is 0 Å². The number of piperazine rings is 1. The number of nitrogens with one attached hydrogen (secondary N) is 2. The van der Waals surface area contributed by atoms with Crippen LogP contribution in [0.4, 0.5) is 5.69 Å². The summed E-state index contributed by atoms with van der Waals surface area (Å²) in [6, 6.07) is 8.38. The van der Waals surface area contributed by atoms with Gasteiger partial charge in [0, 0.05) is 51.6 Å². The van der Waals surface area contributed by atoms with Crippen LogP contribution in [0.2, 0.25) is 0 Å². The number of methoxy groups -OCH3 is 1. The van der Waals surface area contributed by atoms with Crippen LogP contribution in [0.5, 0.6) is 5.75 Å². The first-order valence-electron chi connectivity index (χ1n) is 11.4. The van der Waals surface area contributed by atoms with Gasteiger partial charge in [0.1, 0.15) is 5.75 Å². The molecule has 0 radical (unpaired) electrons. The van der Waals surface area contributed by atoms with Crippen molar-refractivity contribution in [2.24, 2.45) is 4.99 Å². The van der Waals surface area contributed by atoms with E-state index in [4.69, 9.17) is 14.5 Å². The number of guanidine groups is 1. The maximum atomic E-state index is 5.85. The molecule has 2 aliphatic heterocycles. The molecule has 2 aliphatic rings. The summed E-state index contributed by atoms with van der Waals surface area (Å²) in [5, 5.41) is 6.83. The van der Waals surface area contributed by atoms with Crippen molar-refractivity contribution in [3.63, 3.8) is 0 Å². The van der Waals surface area contributed by atoms with E-state index in [0.29, 0.717) is 0 Å². The number of halogens is 1. The number of nitrogens with zero attached hydrogens (tertiary/aromatic N) is 3. The fraction of sp³-hybridized carbons (Fsp3) is 0.696. The molecule has 2 N–H and O–H groups in total. The molecule has 2 heterocycles. The lowest BCUT2D eigenvalue weighted by atomic mass is 10.0. The lowest BCUT2D eigenvalue weighted by molar-refractivity contribution is 0.0283. The molecule has 2 fully saturated rings. The summed E-state index contributed by atoms with van der Waals surface area (Å²) in [5.74, 6) is 1.81. The summed E-state index contributed by atoms with van der Waals surface area (Å²) in [5.41, 5.74) is 1.19. The van der Waals surface area contributed by atoms with Crippen molar-refractivity contribution in [1.82, 2.24) is 15.5 Å². The predicted octanol–water partition coefficient (Wildman–Crippen LogP) is 2.95. The second kappa shape index (κ2) is 13.3. The summed E-state index contributed by atoms with van der Waals surface area (Å²) in [6.45, 7) is 13.1. The molecule has 3 rings (SSSR count). The Morgan fingerprint density at radius 3 is 2.52 bits per heavy atom. The third-order valence-electron chi connectivity index (χ3n) is 5.97. The van der Waals surface area contributed by atoms with Gasteiger partial charge in [0.25, 0.3) is 0 Å². The normalized spacial score (nSPS) is 22.2. The molecule has 0 aromatic heterocycles. The Morgan fingerprint density at radius 2 is 1.90 bits per heavy atom. The molecule has 0 amide bonds. The summed E-state index contributed by atoms with van der Waals surface area (Å²) in [6.07, 6.45) is 3.35. The maximum absolute atomic E-state index is 5.85. The zero-order chi connectivity index (χ0) is 21.2.